The van der Waals surface area contributed by atoms with Crippen molar-refractivity contribution in [3.63, 3.8) is 0 Å². The minimum atomic E-state index is 0.380. The predicted molar refractivity (Wildman–Crippen MR) is 111 cm³/mol. The van der Waals surface area contributed by atoms with Gasteiger partial charge in [-0.2, -0.15) is 0 Å². The highest BCUT2D eigenvalue weighted by atomic mass is 35.5. The Labute approximate surface area is 168 Å². The lowest BCUT2D eigenvalue weighted by atomic mass is 10.2. The molecule has 0 aliphatic heterocycles. The van der Waals surface area contributed by atoms with Crippen LogP contribution in [-0.2, 0) is 6.61 Å². The van der Waals surface area contributed by atoms with Gasteiger partial charge in [0.05, 0.1) is 5.69 Å². The first kappa shape index (κ1) is 18.8. The first-order valence-corrected chi connectivity index (χ1v) is 9.12. The summed E-state index contributed by atoms with van der Waals surface area (Å²) >= 11 is 18.2. The van der Waals surface area contributed by atoms with Crippen LogP contribution in [0.3, 0.4) is 0 Å². The average Bonchev–Trinajstić information content (AvgIpc) is 2.63. The van der Waals surface area contributed by atoms with Crippen LogP contribution in [0.25, 0.3) is 0 Å². The minimum absolute atomic E-state index is 0.380. The maximum Gasteiger partial charge on any atom is 0.119 e. The third-order valence-corrected chi connectivity index (χ3v) is 4.88. The van der Waals surface area contributed by atoms with Crippen LogP contribution in [0.1, 0.15) is 16.7 Å². The summed E-state index contributed by atoms with van der Waals surface area (Å²) in [4.78, 5) is 4.50. The molecule has 3 aromatic rings. The predicted octanol–water partition coefficient (Wildman–Crippen LogP) is 7.28. The van der Waals surface area contributed by atoms with Crippen LogP contribution in [0.4, 0.5) is 5.69 Å². The standard InChI is InChI=1S/C21H16Cl3NO/c1-14-19(23)3-2-4-21(14)25-12-15-5-9-18(10-6-15)26-13-16-7-8-17(22)11-20(16)24/h2-12H,13H2,1H3. The van der Waals surface area contributed by atoms with Crippen molar-refractivity contribution in [3.05, 3.63) is 92.4 Å². The average molecular weight is 405 g/mol. The van der Waals surface area contributed by atoms with Crippen molar-refractivity contribution in [3.8, 4) is 5.75 Å². The van der Waals surface area contributed by atoms with Gasteiger partial charge in [0, 0.05) is 26.8 Å². The Morgan fingerprint density at radius 3 is 2.42 bits per heavy atom. The van der Waals surface area contributed by atoms with E-state index < -0.39 is 0 Å². The molecule has 132 valence electrons. The molecule has 0 bridgehead atoms. The summed E-state index contributed by atoms with van der Waals surface area (Å²) in [6.07, 6.45) is 1.80. The van der Waals surface area contributed by atoms with E-state index in [-0.39, 0.29) is 0 Å². The van der Waals surface area contributed by atoms with Crippen LogP contribution in [0, 0.1) is 6.92 Å². The lowest BCUT2D eigenvalue weighted by molar-refractivity contribution is 0.306. The second kappa shape index (κ2) is 8.59. The van der Waals surface area contributed by atoms with Crippen LogP contribution in [0.5, 0.6) is 5.75 Å². The van der Waals surface area contributed by atoms with Crippen molar-refractivity contribution in [1.29, 1.82) is 0 Å². The third-order valence-electron chi connectivity index (χ3n) is 3.88. The number of rotatable bonds is 5. The van der Waals surface area contributed by atoms with Crippen molar-refractivity contribution in [1.82, 2.24) is 0 Å². The fourth-order valence-corrected chi connectivity index (χ4v) is 2.96. The maximum atomic E-state index is 6.15. The molecule has 0 heterocycles. The number of hydrogen-bond acceptors (Lipinski definition) is 2. The van der Waals surface area contributed by atoms with Crippen LogP contribution in [0.15, 0.2) is 65.7 Å². The van der Waals surface area contributed by atoms with Crippen molar-refractivity contribution in [2.24, 2.45) is 4.99 Å². The van der Waals surface area contributed by atoms with Crippen molar-refractivity contribution in [2.45, 2.75) is 13.5 Å². The molecule has 0 N–H and O–H groups in total. The van der Waals surface area contributed by atoms with E-state index in [1.165, 1.54) is 0 Å². The monoisotopic (exact) mass is 403 g/mol. The summed E-state index contributed by atoms with van der Waals surface area (Å²) in [5, 5.41) is 1.92. The van der Waals surface area contributed by atoms with Gasteiger partial charge in [0.1, 0.15) is 12.4 Å². The van der Waals surface area contributed by atoms with E-state index in [9.17, 15) is 0 Å². The Morgan fingerprint density at radius 2 is 1.69 bits per heavy atom. The molecule has 0 amide bonds. The van der Waals surface area contributed by atoms with E-state index in [0.29, 0.717) is 21.7 Å². The number of aliphatic imine (C=N–C) groups is 1. The van der Waals surface area contributed by atoms with Gasteiger partial charge in [-0.05, 0) is 66.6 Å². The molecule has 0 spiro atoms. The Hall–Kier alpha value is -2.00. The molecule has 0 unspecified atom stereocenters. The lowest BCUT2D eigenvalue weighted by Crippen LogP contribution is -1.96. The molecule has 0 atom stereocenters. The topological polar surface area (TPSA) is 21.6 Å². The number of nitrogens with zero attached hydrogens (tertiary/aromatic N) is 1. The van der Waals surface area contributed by atoms with E-state index in [0.717, 1.165) is 28.1 Å². The molecule has 3 aromatic carbocycles. The molecule has 2 nitrogen and oxygen atoms in total. The van der Waals surface area contributed by atoms with Gasteiger partial charge in [-0.15, -0.1) is 0 Å². The SMILES string of the molecule is Cc1c(Cl)cccc1N=Cc1ccc(OCc2ccc(Cl)cc2Cl)cc1. The Kier molecular flexibility index (Phi) is 6.20. The van der Waals surface area contributed by atoms with Gasteiger partial charge in [0.2, 0.25) is 0 Å². The molecular weight excluding hydrogens is 389 g/mol. The zero-order valence-electron chi connectivity index (χ0n) is 14.0. The molecule has 0 radical (unpaired) electrons. The summed E-state index contributed by atoms with van der Waals surface area (Å²) < 4.78 is 5.78. The number of hydrogen-bond donors (Lipinski definition) is 0. The summed E-state index contributed by atoms with van der Waals surface area (Å²) in [5.41, 5.74) is 3.68. The van der Waals surface area contributed by atoms with Crippen LogP contribution < -0.4 is 4.74 Å². The molecule has 26 heavy (non-hydrogen) atoms. The van der Waals surface area contributed by atoms with E-state index in [4.69, 9.17) is 39.5 Å². The summed E-state index contributed by atoms with van der Waals surface area (Å²) in [7, 11) is 0. The van der Waals surface area contributed by atoms with E-state index in [1.807, 2.05) is 55.5 Å². The highest BCUT2D eigenvalue weighted by molar-refractivity contribution is 6.35. The first-order valence-electron chi connectivity index (χ1n) is 7.99. The van der Waals surface area contributed by atoms with Gasteiger partial charge in [-0.1, -0.05) is 46.9 Å². The fourth-order valence-electron chi connectivity index (χ4n) is 2.33. The molecule has 0 saturated heterocycles. The summed E-state index contributed by atoms with van der Waals surface area (Å²) in [6.45, 7) is 2.33. The summed E-state index contributed by atoms with van der Waals surface area (Å²) in [5.74, 6) is 0.757. The van der Waals surface area contributed by atoms with Crippen molar-refractivity contribution < 1.29 is 4.74 Å². The number of benzene rings is 3. The van der Waals surface area contributed by atoms with Gasteiger partial charge in [-0.25, -0.2) is 0 Å². The van der Waals surface area contributed by atoms with Gasteiger partial charge >= 0.3 is 0 Å². The third kappa shape index (κ3) is 4.79. The zero-order valence-corrected chi connectivity index (χ0v) is 16.3. The molecule has 5 heteroatoms. The van der Waals surface area contributed by atoms with Crippen LogP contribution >= 0.6 is 34.8 Å². The minimum Gasteiger partial charge on any atom is -0.489 e. The molecule has 0 aromatic heterocycles. The molecule has 3 rings (SSSR count). The van der Waals surface area contributed by atoms with Gasteiger partial charge < -0.3 is 4.74 Å². The van der Waals surface area contributed by atoms with Crippen molar-refractivity contribution >= 4 is 46.7 Å². The zero-order chi connectivity index (χ0) is 18.5. The second-order valence-corrected chi connectivity index (χ2v) is 6.99. The molecule has 0 aliphatic rings. The summed E-state index contributed by atoms with van der Waals surface area (Å²) in [6, 6.07) is 18.7. The highest BCUT2D eigenvalue weighted by Gasteiger charge is 2.03. The lowest BCUT2D eigenvalue weighted by Gasteiger charge is -2.08. The van der Waals surface area contributed by atoms with E-state index in [2.05, 4.69) is 4.99 Å². The van der Waals surface area contributed by atoms with Crippen molar-refractivity contribution in [2.75, 3.05) is 0 Å². The van der Waals surface area contributed by atoms with Gasteiger partial charge in [-0.3, -0.25) is 4.99 Å². The quantitative estimate of drug-likeness (QED) is 0.409. The van der Waals surface area contributed by atoms with Crippen LogP contribution in [0.2, 0.25) is 15.1 Å². The maximum absolute atomic E-state index is 6.15. The normalized spacial score (nSPS) is 11.1. The molecule has 0 aliphatic carbocycles. The van der Waals surface area contributed by atoms with E-state index >= 15 is 0 Å². The largest absolute Gasteiger partial charge is 0.489 e. The van der Waals surface area contributed by atoms with Crippen LogP contribution in [-0.4, -0.2) is 6.21 Å². The smallest absolute Gasteiger partial charge is 0.119 e. The number of halogens is 3. The Bertz CT molecular complexity index is 936. The first-order chi connectivity index (χ1) is 12.5. The second-order valence-electron chi connectivity index (χ2n) is 5.74. The van der Waals surface area contributed by atoms with Gasteiger partial charge in [0.15, 0.2) is 0 Å². The molecular formula is C21H16Cl3NO. The molecule has 0 fully saturated rings. The Morgan fingerprint density at radius 1 is 0.923 bits per heavy atom. The van der Waals surface area contributed by atoms with Gasteiger partial charge in [0.25, 0.3) is 0 Å². The number of ether oxygens (including phenoxy) is 1. The molecule has 0 saturated carbocycles. The van der Waals surface area contributed by atoms with E-state index in [1.54, 1.807) is 18.3 Å². The Balaban J connectivity index is 1.65. The highest BCUT2D eigenvalue weighted by Crippen LogP contribution is 2.26. The fraction of sp³-hybridized carbons (Fsp3) is 0.0952.